The van der Waals surface area contributed by atoms with E-state index in [4.69, 9.17) is 9.47 Å². The highest BCUT2D eigenvalue weighted by atomic mass is 32.2. The minimum absolute atomic E-state index is 0.107. The summed E-state index contributed by atoms with van der Waals surface area (Å²) in [7, 11) is -0.976. The summed E-state index contributed by atoms with van der Waals surface area (Å²) in [5.74, 6) is 0.472. The topological polar surface area (TPSA) is 84.9 Å². The number of carbonyl (C=O) groups excluding carboxylic acids is 1. The molecule has 3 aromatic carbocycles. The number of sulfonamides is 1. The Morgan fingerprint density at radius 1 is 0.938 bits per heavy atom. The summed E-state index contributed by atoms with van der Waals surface area (Å²) in [5.41, 5.74) is 2.57. The molecular weight excluding hydrogens is 428 g/mol. The van der Waals surface area contributed by atoms with E-state index in [-0.39, 0.29) is 4.90 Å². The van der Waals surface area contributed by atoms with Crippen LogP contribution in [0.1, 0.15) is 11.1 Å². The Morgan fingerprint density at radius 2 is 1.66 bits per heavy atom. The predicted octanol–water partition coefficient (Wildman–Crippen LogP) is 4.15. The molecule has 8 heteroatoms. The second-order valence-electron chi connectivity index (χ2n) is 7.16. The van der Waals surface area contributed by atoms with E-state index in [0.717, 1.165) is 15.4 Å². The van der Waals surface area contributed by atoms with Crippen molar-refractivity contribution in [1.29, 1.82) is 0 Å². The van der Waals surface area contributed by atoms with Gasteiger partial charge in [0.15, 0.2) is 0 Å². The maximum Gasteiger partial charge on any atom is 0.264 e. The van der Waals surface area contributed by atoms with Gasteiger partial charge in [-0.15, -0.1) is 0 Å². The molecule has 0 heterocycles. The van der Waals surface area contributed by atoms with Crippen molar-refractivity contribution in [2.75, 3.05) is 30.4 Å². The zero-order valence-electron chi connectivity index (χ0n) is 18.5. The molecule has 0 bridgehead atoms. The van der Waals surface area contributed by atoms with E-state index in [1.165, 1.54) is 26.4 Å². The maximum atomic E-state index is 13.5. The van der Waals surface area contributed by atoms with Crippen LogP contribution in [0.4, 0.5) is 11.4 Å². The molecule has 0 aliphatic heterocycles. The molecule has 0 saturated carbocycles. The van der Waals surface area contributed by atoms with Crippen LogP contribution < -0.4 is 19.1 Å². The van der Waals surface area contributed by atoms with Gasteiger partial charge in [0.2, 0.25) is 5.91 Å². The van der Waals surface area contributed by atoms with Crippen LogP contribution in [0.15, 0.2) is 71.6 Å². The predicted molar refractivity (Wildman–Crippen MR) is 125 cm³/mol. The summed E-state index contributed by atoms with van der Waals surface area (Å²) in [6.07, 6.45) is 0. The fourth-order valence-electron chi connectivity index (χ4n) is 3.25. The van der Waals surface area contributed by atoms with Gasteiger partial charge in [0, 0.05) is 6.07 Å². The van der Waals surface area contributed by atoms with Gasteiger partial charge in [-0.05, 0) is 55.3 Å². The van der Waals surface area contributed by atoms with Crippen LogP contribution in [0.5, 0.6) is 11.5 Å². The van der Waals surface area contributed by atoms with E-state index >= 15 is 0 Å². The number of anilines is 2. The first kappa shape index (κ1) is 23.1. The quantitative estimate of drug-likeness (QED) is 0.553. The van der Waals surface area contributed by atoms with Gasteiger partial charge in [0.1, 0.15) is 18.0 Å². The van der Waals surface area contributed by atoms with E-state index in [0.29, 0.717) is 22.9 Å². The Hall–Kier alpha value is -3.52. The summed E-state index contributed by atoms with van der Waals surface area (Å²) >= 11 is 0. The van der Waals surface area contributed by atoms with Gasteiger partial charge in [-0.3, -0.25) is 9.10 Å². The molecule has 0 spiro atoms. The smallest absolute Gasteiger partial charge is 0.264 e. The lowest BCUT2D eigenvalue weighted by Gasteiger charge is -2.26. The Balaban J connectivity index is 1.98. The number of carbonyl (C=O) groups is 1. The number of amides is 1. The fraction of sp³-hybridized carbons (Fsp3) is 0.208. The van der Waals surface area contributed by atoms with Crippen LogP contribution >= 0.6 is 0 Å². The number of ether oxygens (including phenoxy) is 2. The molecule has 32 heavy (non-hydrogen) atoms. The van der Waals surface area contributed by atoms with E-state index in [9.17, 15) is 13.2 Å². The standard InChI is InChI=1S/C24H26N2O5S/c1-17-9-8-12-22(18(17)2)26(32(28,29)20-10-6-5-7-11-20)16-24(27)25-21-14-13-19(30-3)15-23(21)31-4/h5-15H,16H2,1-4H3,(H,25,27). The van der Waals surface area contributed by atoms with E-state index in [1.807, 2.05) is 19.9 Å². The van der Waals surface area contributed by atoms with Crippen LogP contribution in [-0.2, 0) is 14.8 Å². The van der Waals surface area contributed by atoms with Crippen molar-refractivity contribution in [3.8, 4) is 11.5 Å². The third-order valence-electron chi connectivity index (χ3n) is 5.15. The van der Waals surface area contributed by atoms with Crippen LogP contribution in [0.2, 0.25) is 0 Å². The number of hydrogen-bond donors (Lipinski definition) is 1. The van der Waals surface area contributed by atoms with Crippen LogP contribution in [-0.4, -0.2) is 35.1 Å². The normalized spacial score (nSPS) is 11.0. The van der Waals surface area contributed by atoms with Gasteiger partial charge >= 0.3 is 0 Å². The number of nitrogens with zero attached hydrogens (tertiary/aromatic N) is 1. The van der Waals surface area contributed by atoms with Gasteiger partial charge < -0.3 is 14.8 Å². The molecule has 0 aliphatic rings. The monoisotopic (exact) mass is 454 g/mol. The number of benzene rings is 3. The zero-order valence-corrected chi connectivity index (χ0v) is 19.3. The SMILES string of the molecule is COc1ccc(NC(=O)CN(c2cccc(C)c2C)S(=O)(=O)c2ccccc2)c(OC)c1. The number of hydrogen-bond acceptors (Lipinski definition) is 5. The molecule has 3 aromatic rings. The molecule has 1 amide bonds. The minimum Gasteiger partial charge on any atom is -0.497 e. The van der Waals surface area contributed by atoms with Crippen molar-refractivity contribution >= 4 is 27.3 Å². The molecule has 1 N–H and O–H groups in total. The first-order valence-electron chi connectivity index (χ1n) is 9.94. The molecule has 7 nitrogen and oxygen atoms in total. The molecule has 168 valence electrons. The van der Waals surface area contributed by atoms with Gasteiger partial charge in [-0.25, -0.2) is 8.42 Å². The molecule has 0 aromatic heterocycles. The van der Waals surface area contributed by atoms with Crippen molar-refractivity contribution in [2.45, 2.75) is 18.7 Å². The van der Waals surface area contributed by atoms with Crippen LogP contribution in [0.3, 0.4) is 0 Å². The number of nitrogens with one attached hydrogen (secondary N) is 1. The van der Waals surface area contributed by atoms with Gasteiger partial charge in [0.25, 0.3) is 10.0 Å². The Bertz CT molecular complexity index is 1210. The van der Waals surface area contributed by atoms with Crippen molar-refractivity contribution in [2.24, 2.45) is 0 Å². The summed E-state index contributed by atoms with van der Waals surface area (Å²) in [6, 6.07) is 18.4. The second-order valence-corrected chi connectivity index (χ2v) is 9.02. The van der Waals surface area contributed by atoms with Gasteiger partial charge in [-0.1, -0.05) is 30.3 Å². The average Bonchev–Trinajstić information content (AvgIpc) is 2.80. The van der Waals surface area contributed by atoms with Crippen molar-refractivity contribution in [3.63, 3.8) is 0 Å². The molecule has 0 aliphatic carbocycles. The Kier molecular flexibility index (Phi) is 7.05. The Labute approximate surface area is 188 Å². The lowest BCUT2D eigenvalue weighted by atomic mass is 10.1. The Morgan fingerprint density at radius 3 is 2.31 bits per heavy atom. The number of rotatable bonds is 8. The first-order valence-corrected chi connectivity index (χ1v) is 11.4. The molecule has 0 fully saturated rings. The average molecular weight is 455 g/mol. The number of aryl methyl sites for hydroxylation is 1. The zero-order chi connectivity index (χ0) is 23.3. The van der Waals surface area contributed by atoms with Crippen LogP contribution in [0, 0.1) is 13.8 Å². The summed E-state index contributed by atoms with van der Waals surface area (Å²) in [5, 5.41) is 2.75. The highest BCUT2D eigenvalue weighted by Gasteiger charge is 2.28. The minimum atomic E-state index is -3.99. The third kappa shape index (κ3) is 4.86. The van der Waals surface area contributed by atoms with Crippen molar-refractivity contribution in [1.82, 2.24) is 0 Å². The molecular formula is C24H26N2O5S. The fourth-order valence-corrected chi connectivity index (χ4v) is 4.75. The van der Waals surface area contributed by atoms with Crippen molar-refractivity contribution in [3.05, 3.63) is 77.9 Å². The first-order chi connectivity index (χ1) is 15.3. The van der Waals surface area contributed by atoms with Crippen molar-refractivity contribution < 1.29 is 22.7 Å². The van der Waals surface area contributed by atoms with E-state index in [2.05, 4.69) is 5.32 Å². The lowest BCUT2D eigenvalue weighted by molar-refractivity contribution is -0.114. The van der Waals surface area contributed by atoms with Gasteiger partial charge in [-0.2, -0.15) is 0 Å². The molecule has 0 atom stereocenters. The van der Waals surface area contributed by atoms with Crippen LogP contribution in [0.25, 0.3) is 0 Å². The van der Waals surface area contributed by atoms with E-state index < -0.39 is 22.5 Å². The third-order valence-corrected chi connectivity index (χ3v) is 6.92. The summed E-state index contributed by atoms with van der Waals surface area (Å²) in [4.78, 5) is 13.1. The van der Waals surface area contributed by atoms with E-state index in [1.54, 1.807) is 48.5 Å². The molecule has 3 rings (SSSR count). The molecule has 0 saturated heterocycles. The lowest BCUT2D eigenvalue weighted by Crippen LogP contribution is -2.38. The highest BCUT2D eigenvalue weighted by molar-refractivity contribution is 7.92. The summed E-state index contributed by atoms with van der Waals surface area (Å²) in [6.45, 7) is 3.33. The second kappa shape index (κ2) is 9.74. The van der Waals surface area contributed by atoms with Gasteiger partial charge in [0.05, 0.1) is 30.5 Å². The maximum absolute atomic E-state index is 13.5. The molecule has 0 radical (unpaired) electrons. The molecule has 0 unspecified atom stereocenters. The summed E-state index contributed by atoms with van der Waals surface area (Å²) < 4.78 is 38.6. The number of methoxy groups -OCH3 is 2. The largest absolute Gasteiger partial charge is 0.497 e. The highest BCUT2D eigenvalue weighted by Crippen LogP contribution is 2.31.